The van der Waals surface area contributed by atoms with Crippen molar-refractivity contribution in [3.05, 3.63) is 60.0 Å². The average Bonchev–Trinajstić information content (AvgIpc) is 3.26. The first kappa shape index (κ1) is 17.6. The number of rotatable bonds is 3. The summed E-state index contributed by atoms with van der Waals surface area (Å²) in [5, 5.41) is 10.6. The summed E-state index contributed by atoms with van der Waals surface area (Å²) in [6, 6.07) is 8.04. The van der Waals surface area contributed by atoms with Crippen molar-refractivity contribution in [3.8, 4) is 11.4 Å². The molecule has 0 aliphatic rings. The van der Waals surface area contributed by atoms with Gasteiger partial charge in [0.25, 0.3) is 11.7 Å². The summed E-state index contributed by atoms with van der Waals surface area (Å²) in [5.74, 6) is -0.314. The summed E-state index contributed by atoms with van der Waals surface area (Å²) in [6.45, 7) is 0. The predicted molar refractivity (Wildman–Crippen MR) is 92.4 cm³/mol. The minimum atomic E-state index is -4.54. The number of aromatic nitrogens is 6. The number of nitrogens with one attached hydrogen (secondary N) is 1. The first-order chi connectivity index (χ1) is 13.3. The molecule has 11 heteroatoms. The van der Waals surface area contributed by atoms with Gasteiger partial charge in [0.05, 0.1) is 5.56 Å². The lowest BCUT2D eigenvalue weighted by Crippen LogP contribution is -2.17. The third-order valence-electron chi connectivity index (χ3n) is 3.98. The Morgan fingerprint density at radius 2 is 1.89 bits per heavy atom. The number of hydrogen-bond donors (Lipinski definition) is 1. The Bertz CT molecular complexity index is 1180. The smallest absolute Gasteiger partial charge is 0.305 e. The monoisotopic (exact) mass is 387 g/mol. The second kappa shape index (κ2) is 6.44. The van der Waals surface area contributed by atoms with Crippen LogP contribution < -0.4 is 5.32 Å². The van der Waals surface area contributed by atoms with Gasteiger partial charge in [-0.1, -0.05) is 18.2 Å². The molecular weight excluding hydrogens is 375 g/mol. The van der Waals surface area contributed by atoms with Crippen LogP contribution in [0.2, 0.25) is 0 Å². The lowest BCUT2D eigenvalue weighted by atomic mass is 10.1. The fourth-order valence-electron chi connectivity index (χ4n) is 2.66. The molecule has 1 amide bonds. The van der Waals surface area contributed by atoms with Gasteiger partial charge in [-0.25, -0.2) is 4.52 Å². The van der Waals surface area contributed by atoms with Crippen LogP contribution in [0.15, 0.2) is 48.8 Å². The van der Waals surface area contributed by atoms with Gasteiger partial charge in [0.1, 0.15) is 11.5 Å². The maximum absolute atomic E-state index is 13.2. The second-order valence-corrected chi connectivity index (χ2v) is 5.83. The van der Waals surface area contributed by atoms with Crippen LogP contribution in [-0.2, 0) is 13.2 Å². The maximum Gasteiger partial charge on any atom is 0.417 e. The number of benzene rings is 1. The molecule has 0 saturated heterocycles. The van der Waals surface area contributed by atoms with E-state index < -0.39 is 17.6 Å². The van der Waals surface area contributed by atoms with E-state index in [1.54, 1.807) is 7.05 Å². The van der Waals surface area contributed by atoms with Gasteiger partial charge in [0.15, 0.2) is 5.82 Å². The standard InChI is InChI=1S/C17H12F3N7O/c1-26-12(6-8-21-26)15(28)22-13-7-9-27-16(23-13)24-14(25-27)10-4-2-3-5-11(10)17(18,19)20/h2-9H,1H3,(H,22,23,24,25,28). The molecule has 0 saturated carbocycles. The second-order valence-electron chi connectivity index (χ2n) is 5.83. The SMILES string of the molecule is Cn1nccc1C(=O)Nc1ccn2nc(-c3ccccc3C(F)(F)F)nc2n1. The molecular formula is C17H12F3N7O. The van der Waals surface area contributed by atoms with Crippen molar-refractivity contribution < 1.29 is 18.0 Å². The van der Waals surface area contributed by atoms with Gasteiger partial charge < -0.3 is 5.32 Å². The largest absolute Gasteiger partial charge is 0.417 e. The zero-order valence-corrected chi connectivity index (χ0v) is 14.3. The molecule has 3 aromatic heterocycles. The highest BCUT2D eigenvalue weighted by atomic mass is 19.4. The molecule has 4 aromatic rings. The molecule has 0 atom stereocenters. The van der Waals surface area contributed by atoms with E-state index in [-0.39, 0.29) is 23.0 Å². The van der Waals surface area contributed by atoms with E-state index in [4.69, 9.17) is 0 Å². The molecule has 0 bridgehead atoms. The summed E-state index contributed by atoms with van der Waals surface area (Å²) in [7, 11) is 1.62. The van der Waals surface area contributed by atoms with Crippen LogP contribution >= 0.6 is 0 Å². The van der Waals surface area contributed by atoms with Crippen molar-refractivity contribution in [2.24, 2.45) is 7.05 Å². The average molecular weight is 387 g/mol. The molecule has 142 valence electrons. The Balaban J connectivity index is 1.68. The number of amides is 1. The Kier molecular flexibility index (Phi) is 4.06. The summed E-state index contributed by atoms with van der Waals surface area (Å²) in [5.41, 5.74) is -0.667. The highest BCUT2D eigenvalue weighted by Crippen LogP contribution is 2.35. The van der Waals surface area contributed by atoms with Crippen molar-refractivity contribution in [2.75, 3.05) is 5.32 Å². The van der Waals surface area contributed by atoms with E-state index >= 15 is 0 Å². The van der Waals surface area contributed by atoms with Gasteiger partial charge in [0, 0.05) is 25.0 Å². The molecule has 4 rings (SSSR count). The van der Waals surface area contributed by atoms with Gasteiger partial charge in [-0.15, -0.1) is 5.10 Å². The number of aryl methyl sites for hydroxylation is 1. The van der Waals surface area contributed by atoms with Crippen molar-refractivity contribution in [2.45, 2.75) is 6.18 Å². The summed E-state index contributed by atoms with van der Waals surface area (Å²) in [4.78, 5) is 20.5. The topological polar surface area (TPSA) is 90.0 Å². The maximum atomic E-state index is 13.2. The zero-order chi connectivity index (χ0) is 19.9. The van der Waals surface area contributed by atoms with Crippen molar-refractivity contribution in [3.63, 3.8) is 0 Å². The lowest BCUT2D eigenvalue weighted by Gasteiger charge is -2.09. The fraction of sp³-hybridized carbons (Fsp3) is 0.118. The quantitative estimate of drug-likeness (QED) is 0.584. The Morgan fingerprint density at radius 3 is 2.61 bits per heavy atom. The molecule has 0 spiro atoms. The van der Waals surface area contributed by atoms with Gasteiger partial charge in [-0.2, -0.15) is 28.2 Å². The first-order valence-electron chi connectivity index (χ1n) is 8.02. The number of carbonyl (C=O) groups is 1. The van der Waals surface area contributed by atoms with Gasteiger partial charge in [-0.3, -0.25) is 9.48 Å². The highest BCUT2D eigenvalue weighted by molar-refractivity contribution is 6.02. The van der Waals surface area contributed by atoms with Crippen molar-refractivity contribution in [1.29, 1.82) is 0 Å². The summed E-state index contributed by atoms with van der Waals surface area (Å²) in [6.07, 6.45) is -1.61. The van der Waals surface area contributed by atoms with Crippen molar-refractivity contribution in [1.82, 2.24) is 29.4 Å². The van der Waals surface area contributed by atoms with E-state index in [0.717, 1.165) is 6.07 Å². The molecule has 8 nitrogen and oxygen atoms in total. The van der Waals surface area contributed by atoms with Crippen LogP contribution in [0.3, 0.4) is 0 Å². The number of nitrogens with zero attached hydrogens (tertiary/aromatic N) is 6. The number of alkyl halides is 3. The molecule has 1 aromatic carbocycles. The van der Waals surface area contributed by atoms with E-state index in [0.29, 0.717) is 5.69 Å². The minimum absolute atomic E-state index is 0.0507. The van der Waals surface area contributed by atoms with Crippen LogP contribution in [0.4, 0.5) is 19.0 Å². The third-order valence-corrected chi connectivity index (χ3v) is 3.98. The lowest BCUT2D eigenvalue weighted by molar-refractivity contribution is -0.137. The number of fused-ring (bicyclic) bond motifs is 1. The molecule has 1 N–H and O–H groups in total. The highest BCUT2D eigenvalue weighted by Gasteiger charge is 2.34. The van der Waals surface area contributed by atoms with E-state index in [1.165, 1.54) is 51.9 Å². The van der Waals surface area contributed by atoms with E-state index in [1.807, 2.05) is 0 Å². The normalized spacial score (nSPS) is 11.7. The summed E-state index contributed by atoms with van der Waals surface area (Å²) < 4.78 is 42.3. The minimum Gasteiger partial charge on any atom is -0.305 e. The van der Waals surface area contributed by atoms with Crippen LogP contribution in [0.5, 0.6) is 0 Å². The van der Waals surface area contributed by atoms with Crippen molar-refractivity contribution >= 4 is 17.5 Å². The van der Waals surface area contributed by atoms with Crippen LogP contribution in [0, 0.1) is 0 Å². The Morgan fingerprint density at radius 1 is 1.11 bits per heavy atom. The molecule has 0 radical (unpaired) electrons. The molecule has 0 fully saturated rings. The first-order valence-corrected chi connectivity index (χ1v) is 8.02. The Labute approximate surface area is 155 Å². The van der Waals surface area contributed by atoms with Gasteiger partial charge in [0.2, 0.25) is 0 Å². The number of hydrogen-bond acceptors (Lipinski definition) is 5. The van der Waals surface area contributed by atoms with Gasteiger partial charge >= 0.3 is 6.18 Å². The van der Waals surface area contributed by atoms with Crippen LogP contribution in [0.25, 0.3) is 17.2 Å². The number of halogens is 3. The fourth-order valence-corrected chi connectivity index (χ4v) is 2.66. The molecule has 28 heavy (non-hydrogen) atoms. The molecule has 3 heterocycles. The molecule has 0 unspecified atom stereocenters. The van der Waals surface area contributed by atoms with E-state index in [9.17, 15) is 18.0 Å². The zero-order valence-electron chi connectivity index (χ0n) is 14.3. The van der Waals surface area contributed by atoms with Gasteiger partial charge in [-0.05, 0) is 18.2 Å². The Hall–Kier alpha value is -3.76. The number of anilines is 1. The predicted octanol–water partition coefficient (Wildman–Crippen LogP) is 2.80. The van der Waals surface area contributed by atoms with Crippen LogP contribution in [0.1, 0.15) is 16.1 Å². The third kappa shape index (κ3) is 3.17. The number of carbonyl (C=O) groups excluding carboxylic acids is 1. The summed E-state index contributed by atoms with van der Waals surface area (Å²) >= 11 is 0. The molecule has 0 aliphatic heterocycles. The van der Waals surface area contributed by atoms with Crippen LogP contribution in [-0.4, -0.2) is 35.3 Å². The van der Waals surface area contributed by atoms with E-state index in [2.05, 4.69) is 25.5 Å². The molecule has 0 aliphatic carbocycles.